The number of piperidine rings is 1. The van der Waals surface area contributed by atoms with Crippen LogP contribution in [0.5, 0.6) is 0 Å². The lowest BCUT2D eigenvalue weighted by Crippen LogP contribution is -2.47. The summed E-state index contributed by atoms with van der Waals surface area (Å²) in [7, 11) is 0. The van der Waals surface area contributed by atoms with E-state index in [9.17, 15) is 4.79 Å². The molecule has 6 heteroatoms. The molecule has 1 fully saturated rings. The van der Waals surface area contributed by atoms with E-state index in [1.807, 2.05) is 27.8 Å². The lowest BCUT2D eigenvalue weighted by Gasteiger charge is -2.33. The number of rotatable bonds is 3. The molecular formula is C16H21N5O. The first-order valence-corrected chi connectivity index (χ1v) is 7.72. The number of carbonyl (C=O) groups excluding carboxylic acids is 1. The van der Waals surface area contributed by atoms with Crippen LogP contribution in [-0.2, 0) is 6.54 Å². The second-order valence-electron chi connectivity index (χ2n) is 5.69. The molecule has 0 saturated carbocycles. The van der Waals surface area contributed by atoms with Crippen LogP contribution in [0.25, 0.3) is 5.82 Å². The topological polar surface area (TPSA) is 63.1 Å². The van der Waals surface area contributed by atoms with E-state index in [1.165, 1.54) is 6.42 Å². The predicted octanol–water partition coefficient (Wildman–Crippen LogP) is 2.35. The van der Waals surface area contributed by atoms with Crippen molar-refractivity contribution >= 4 is 6.03 Å². The van der Waals surface area contributed by atoms with Crippen LogP contribution in [0.2, 0.25) is 0 Å². The summed E-state index contributed by atoms with van der Waals surface area (Å²) < 4.78 is 1.85. The third kappa shape index (κ3) is 3.27. The molecule has 0 aliphatic carbocycles. The fraction of sp³-hybridized carbons (Fsp3) is 0.438. The zero-order valence-electron chi connectivity index (χ0n) is 12.8. The van der Waals surface area contributed by atoms with Crippen molar-refractivity contribution in [1.29, 1.82) is 0 Å². The van der Waals surface area contributed by atoms with E-state index in [2.05, 4.69) is 22.2 Å². The van der Waals surface area contributed by atoms with Crippen molar-refractivity contribution in [2.24, 2.45) is 0 Å². The quantitative estimate of drug-likeness (QED) is 0.946. The largest absolute Gasteiger partial charge is 0.334 e. The van der Waals surface area contributed by atoms with Gasteiger partial charge in [-0.05, 0) is 37.8 Å². The summed E-state index contributed by atoms with van der Waals surface area (Å²) in [5.41, 5.74) is 0.988. The summed E-state index contributed by atoms with van der Waals surface area (Å²) in [5, 5.41) is 2.98. The molecule has 1 unspecified atom stereocenters. The summed E-state index contributed by atoms with van der Waals surface area (Å²) in [5.74, 6) is 0.817. The average molecular weight is 299 g/mol. The van der Waals surface area contributed by atoms with Gasteiger partial charge in [0.25, 0.3) is 0 Å². The third-order valence-electron chi connectivity index (χ3n) is 4.09. The third-order valence-corrected chi connectivity index (χ3v) is 4.09. The summed E-state index contributed by atoms with van der Waals surface area (Å²) in [6.45, 7) is 3.46. The molecule has 1 N–H and O–H groups in total. The highest BCUT2D eigenvalue weighted by Gasteiger charge is 2.22. The average Bonchev–Trinajstić information content (AvgIpc) is 3.08. The maximum absolute atomic E-state index is 12.2. The highest BCUT2D eigenvalue weighted by molar-refractivity contribution is 5.74. The number of pyridine rings is 1. The van der Waals surface area contributed by atoms with Crippen LogP contribution in [0.4, 0.5) is 4.79 Å². The fourth-order valence-electron chi connectivity index (χ4n) is 2.75. The molecule has 22 heavy (non-hydrogen) atoms. The van der Waals surface area contributed by atoms with Crippen LogP contribution in [0.15, 0.2) is 37.1 Å². The Balaban J connectivity index is 1.56. The Kier molecular flexibility index (Phi) is 4.37. The van der Waals surface area contributed by atoms with E-state index >= 15 is 0 Å². The molecule has 1 aliphatic rings. The maximum Gasteiger partial charge on any atom is 0.317 e. The molecule has 2 amide bonds. The van der Waals surface area contributed by atoms with E-state index in [1.54, 1.807) is 18.7 Å². The molecule has 6 nitrogen and oxygen atoms in total. The minimum atomic E-state index is 0.0193. The number of hydrogen-bond acceptors (Lipinski definition) is 3. The molecule has 1 atom stereocenters. The van der Waals surface area contributed by atoms with Gasteiger partial charge in [-0.25, -0.2) is 14.8 Å². The van der Waals surface area contributed by atoms with Gasteiger partial charge >= 0.3 is 6.03 Å². The number of nitrogens with one attached hydrogen (secondary N) is 1. The zero-order chi connectivity index (χ0) is 15.4. The number of urea groups is 1. The van der Waals surface area contributed by atoms with Crippen molar-refractivity contribution in [3.63, 3.8) is 0 Å². The first kappa shape index (κ1) is 14.6. The number of carbonyl (C=O) groups is 1. The molecule has 0 aromatic carbocycles. The number of imidazole rings is 1. The minimum Gasteiger partial charge on any atom is -0.334 e. The Morgan fingerprint density at radius 3 is 3.00 bits per heavy atom. The zero-order valence-corrected chi connectivity index (χ0v) is 12.8. The fourth-order valence-corrected chi connectivity index (χ4v) is 2.75. The van der Waals surface area contributed by atoms with Gasteiger partial charge < -0.3 is 10.2 Å². The lowest BCUT2D eigenvalue weighted by atomic mass is 10.0. The van der Waals surface area contributed by atoms with Crippen molar-refractivity contribution in [2.75, 3.05) is 6.54 Å². The summed E-state index contributed by atoms with van der Waals surface area (Å²) in [4.78, 5) is 22.5. The molecule has 116 valence electrons. The predicted molar refractivity (Wildman–Crippen MR) is 83.6 cm³/mol. The Labute approximate surface area is 130 Å². The van der Waals surface area contributed by atoms with Gasteiger partial charge in [0.15, 0.2) is 0 Å². The van der Waals surface area contributed by atoms with Crippen molar-refractivity contribution < 1.29 is 4.79 Å². The molecule has 0 bridgehead atoms. The summed E-state index contributed by atoms with van der Waals surface area (Å²) >= 11 is 0. The van der Waals surface area contributed by atoms with Crippen LogP contribution in [-0.4, -0.2) is 38.1 Å². The molecule has 0 spiro atoms. The number of aromatic nitrogens is 3. The van der Waals surface area contributed by atoms with E-state index in [-0.39, 0.29) is 6.03 Å². The van der Waals surface area contributed by atoms with Crippen LogP contribution in [0.3, 0.4) is 0 Å². The molecule has 1 aliphatic heterocycles. The number of nitrogens with zero attached hydrogens (tertiary/aromatic N) is 4. The first-order valence-electron chi connectivity index (χ1n) is 7.72. The highest BCUT2D eigenvalue weighted by atomic mass is 16.2. The van der Waals surface area contributed by atoms with E-state index in [4.69, 9.17) is 0 Å². The van der Waals surface area contributed by atoms with Crippen molar-refractivity contribution in [3.8, 4) is 5.82 Å². The van der Waals surface area contributed by atoms with Gasteiger partial charge in [-0.2, -0.15) is 0 Å². The van der Waals surface area contributed by atoms with Gasteiger partial charge in [-0.3, -0.25) is 4.57 Å². The molecule has 1 saturated heterocycles. The molecule has 2 aromatic heterocycles. The van der Waals surface area contributed by atoms with Crippen molar-refractivity contribution in [1.82, 2.24) is 24.8 Å². The molecule has 3 rings (SSSR count). The molecule has 3 heterocycles. The van der Waals surface area contributed by atoms with Crippen molar-refractivity contribution in [3.05, 3.63) is 42.6 Å². The maximum atomic E-state index is 12.2. The standard InChI is InChI=1S/C16H21N5O/c1-13-4-2-3-8-21(13)16(22)19-11-14-5-6-15(18-10-14)20-9-7-17-12-20/h5-7,9-10,12-13H,2-4,8,11H2,1H3,(H,19,22). The Morgan fingerprint density at radius 1 is 1.41 bits per heavy atom. The second kappa shape index (κ2) is 6.60. The van der Waals surface area contributed by atoms with Gasteiger partial charge in [0.1, 0.15) is 12.1 Å². The Bertz CT molecular complexity index is 608. The molecule has 2 aromatic rings. The normalized spacial score (nSPS) is 18.2. The van der Waals surface area contributed by atoms with Crippen LogP contribution in [0, 0.1) is 0 Å². The smallest absolute Gasteiger partial charge is 0.317 e. The Morgan fingerprint density at radius 2 is 2.32 bits per heavy atom. The molecular weight excluding hydrogens is 278 g/mol. The lowest BCUT2D eigenvalue weighted by molar-refractivity contribution is 0.158. The van der Waals surface area contributed by atoms with Crippen LogP contribution < -0.4 is 5.32 Å². The SMILES string of the molecule is CC1CCCCN1C(=O)NCc1ccc(-n2ccnc2)nc1. The van der Waals surface area contributed by atoms with Gasteiger partial charge in [0.05, 0.1) is 0 Å². The number of hydrogen-bond donors (Lipinski definition) is 1. The van der Waals surface area contributed by atoms with Gasteiger partial charge in [0.2, 0.25) is 0 Å². The highest BCUT2D eigenvalue weighted by Crippen LogP contribution is 2.16. The summed E-state index contributed by atoms with van der Waals surface area (Å²) in [6.07, 6.45) is 10.5. The van der Waals surface area contributed by atoms with E-state index < -0.39 is 0 Å². The van der Waals surface area contributed by atoms with Crippen molar-refractivity contribution in [2.45, 2.75) is 38.8 Å². The van der Waals surface area contributed by atoms with E-state index in [0.717, 1.165) is 30.8 Å². The monoisotopic (exact) mass is 299 g/mol. The number of amides is 2. The van der Waals surface area contributed by atoms with E-state index in [0.29, 0.717) is 12.6 Å². The van der Waals surface area contributed by atoms with Crippen LogP contribution >= 0.6 is 0 Å². The van der Waals surface area contributed by atoms with Gasteiger partial charge in [-0.15, -0.1) is 0 Å². The Hall–Kier alpha value is -2.37. The number of likely N-dealkylation sites (tertiary alicyclic amines) is 1. The summed E-state index contributed by atoms with van der Waals surface area (Å²) in [6, 6.07) is 4.25. The van der Waals surface area contributed by atoms with Gasteiger partial charge in [-0.1, -0.05) is 6.07 Å². The second-order valence-corrected chi connectivity index (χ2v) is 5.69. The van der Waals surface area contributed by atoms with Gasteiger partial charge in [0, 0.05) is 37.7 Å². The van der Waals surface area contributed by atoms with Crippen LogP contribution in [0.1, 0.15) is 31.7 Å². The molecule has 0 radical (unpaired) electrons. The first-order chi connectivity index (χ1) is 10.7. The minimum absolute atomic E-state index is 0.0193.